The van der Waals surface area contributed by atoms with Crippen molar-refractivity contribution >= 4 is 27.7 Å². The van der Waals surface area contributed by atoms with Crippen LogP contribution in [0.3, 0.4) is 0 Å². The molecule has 19 heavy (non-hydrogen) atoms. The number of pyridine rings is 1. The van der Waals surface area contributed by atoms with E-state index in [0.717, 1.165) is 20.8 Å². The van der Waals surface area contributed by atoms with Crippen molar-refractivity contribution in [3.63, 3.8) is 0 Å². The molecular formula is C14H14BrNO2S. The number of thioether (sulfide) groups is 1. The van der Waals surface area contributed by atoms with Gasteiger partial charge in [0, 0.05) is 16.4 Å². The highest BCUT2D eigenvalue weighted by molar-refractivity contribution is 9.10. The molecule has 1 aromatic carbocycles. The molecule has 0 saturated heterocycles. The van der Waals surface area contributed by atoms with E-state index in [2.05, 4.69) is 20.9 Å². The molecule has 1 aromatic heterocycles. The number of halogens is 1. The number of nitrogens with zero attached hydrogens (tertiary/aromatic N) is 1. The van der Waals surface area contributed by atoms with Crippen LogP contribution in [0.25, 0.3) is 0 Å². The van der Waals surface area contributed by atoms with E-state index in [1.807, 2.05) is 36.4 Å². The van der Waals surface area contributed by atoms with Gasteiger partial charge < -0.3 is 9.84 Å². The van der Waals surface area contributed by atoms with Gasteiger partial charge in [0.25, 0.3) is 0 Å². The second-order valence-corrected chi connectivity index (χ2v) is 5.76. The van der Waals surface area contributed by atoms with Crippen LogP contribution >= 0.6 is 27.7 Å². The van der Waals surface area contributed by atoms with Gasteiger partial charge in [-0.3, -0.25) is 0 Å². The van der Waals surface area contributed by atoms with Crippen molar-refractivity contribution in [1.82, 2.24) is 4.98 Å². The highest BCUT2D eigenvalue weighted by Crippen LogP contribution is 2.29. The summed E-state index contributed by atoms with van der Waals surface area (Å²) in [6.45, 7) is 0. The number of hydrogen-bond acceptors (Lipinski definition) is 4. The van der Waals surface area contributed by atoms with E-state index >= 15 is 0 Å². The molecule has 0 aliphatic rings. The van der Waals surface area contributed by atoms with Crippen LogP contribution < -0.4 is 4.74 Å². The van der Waals surface area contributed by atoms with Crippen LogP contribution in [0.4, 0.5) is 0 Å². The zero-order valence-corrected chi connectivity index (χ0v) is 12.8. The number of aromatic nitrogens is 1. The SMILES string of the molecule is COc1cccc(C(O)CSc2ncccc2Br)c1. The molecule has 0 spiro atoms. The Morgan fingerprint density at radius 3 is 2.95 bits per heavy atom. The summed E-state index contributed by atoms with van der Waals surface area (Å²) in [4.78, 5) is 4.26. The van der Waals surface area contributed by atoms with Gasteiger partial charge in [-0.15, -0.1) is 11.8 Å². The Hall–Kier alpha value is -1.04. The van der Waals surface area contributed by atoms with E-state index in [-0.39, 0.29) is 0 Å². The van der Waals surface area contributed by atoms with Crippen molar-refractivity contribution in [1.29, 1.82) is 0 Å². The Labute approximate surface area is 125 Å². The van der Waals surface area contributed by atoms with Crippen molar-refractivity contribution in [2.75, 3.05) is 12.9 Å². The van der Waals surface area contributed by atoms with Crippen LogP contribution in [0.15, 0.2) is 52.1 Å². The molecule has 3 nitrogen and oxygen atoms in total. The Balaban J connectivity index is 2.01. The summed E-state index contributed by atoms with van der Waals surface area (Å²) in [6.07, 6.45) is 1.19. The van der Waals surface area contributed by atoms with E-state index in [1.165, 1.54) is 11.8 Å². The highest BCUT2D eigenvalue weighted by Gasteiger charge is 2.10. The van der Waals surface area contributed by atoms with Gasteiger partial charge in [0.05, 0.1) is 13.2 Å². The lowest BCUT2D eigenvalue weighted by atomic mass is 10.1. The maximum absolute atomic E-state index is 10.2. The van der Waals surface area contributed by atoms with E-state index in [1.54, 1.807) is 13.3 Å². The third-order valence-electron chi connectivity index (χ3n) is 2.58. The molecule has 0 radical (unpaired) electrons. The Bertz CT molecular complexity index is 550. The predicted molar refractivity (Wildman–Crippen MR) is 80.6 cm³/mol. The van der Waals surface area contributed by atoms with E-state index in [0.29, 0.717) is 5.75 Å². The van der Waals surface area contributed by atoms with E-state index in [4.69, 9.17) is 4.74 Å². The Morgan fingerprint density at radius 1 is 1.37 bits per heavy atom. The fourth-order valence-corrected chi connectivity index (χ4v) is 3.03. The molecule has 100 valence electrons. The first-order chi connectivity index (χ1) is 9.20. The quantitative estimate of drug-likeness (QED) is 0.844. The third-order valence-corrected chi connectivity index (χ3v) is 4.56. The second-order valence-electron chi connectivity index (χ2n) is 3.89. The number of aliphatic hydroxyl groups is 1. The van der Waals surface area contributed by atoms with Gasteiger partial charge in [0.2, 0.25) is 0 Å². The summed E-state index contributed by atoms with van der Waals surface area (Å²) < 4.78 is 6.09. The van der Waals surface area contributed by atoms with Crippen molar-refractivity contribution in [2.24, 2.45) is 0 Å². The van der Waals surface area contributed by atoms with Crippen molar-refractivity contribution in [3.05, 3.63) is 52.6 Å². The van der Waals surface area contributed by atoms with Gasteiger partial charge >= 0.3 is 0 Å². The number of aliphatic hydroxyl groups excluding tert-OH is 1. The van der Waals surface area contributed by atoms with Crippen LogP contribution in [-0.4, -0.2) is 23.0 Å². The minimum atomic E-state index is -0.547. The monoisotopic (exact) mass is 339 g/mol. The standard InChI is InChI=1S/C14H14BrNO2S/c1-18-11-5-2-4-10(8-11)13(17)9-19-14-12(15)6-3-7-16-14/h2-8,13,17H,9H2,1H3. The molecule has 1 atom stereocenters. The van der Waals surface area contributed by atoms with Gasteiger partial charge in [-0.05, 0) is 45.8 Å². The Kier molecular flexibility index (Phi) is 5.24. The lowest BCUT2D eigenvalue weighted by molar-refractivity contribution is 0.203. The minimum Gasteiger partial charge on any atom is -0.497 e. The molecule has 2 rings (SSSR count). The number of ether oxygens (including phenoxy) is 1. The molecule has 0 fully saturated rings. The van der Waals surface area contributed by atoms with Gasteiger partial charge in [0.15, 0.2) is 0 Å². The van der Waals surface area contributed by atoms with Crippen molar-refractivity contribution < 1.29 is 9.84 Å². The normalized spacial score (nSPS) is 12.2. The van der Waals surface area contributed by atoms with E-state index in [9.17, 15) is 5.11 Å². The molecule has 0 aliphatic carbocycles. The van der Waals surface area contributed by atoms with Crippen LogP contribution in [-0.2, 0) is 0 Å². The van der Waals surface area contributed by atoms with Gasteiger partial charge in [-0.25, -0.2) is 4.98 Å². The molecule has 0 aliphatic heterocycles. The summed E-state index contributed by atoms with van der Waals surface area (Å²) in [5.74, 6) is 1.29. The number of benzene rings is 1. The predicted octanol–water partition coefficient (Wildman–Crippen LogP) is 3.68. The first-order valence-electron chi connectivity index (χ1n) is 5.76. The van der Waals surface area contributed by atoms with Crippen LogP contribution in [0.5, 0.6) is 5.75 Å². The summed E-state index contributed by atoms with van der Waals surface area (Å²) in [5, 5.41) is 11.1. The number of rotatable bonds is 5. The zero-order valence-electron chi connectivity index (χ0n) is 10.4. The van der Waals surface area contributed by atoms with Crippen LogP contribution in [0, 0.1) is 0 Å². The maximum Gasteiger partial charge on any atom is 0.119 e. The smallest absolute Gasteiger partial charge is 0.119 e. The summed E-state index contributed by atoms with van der Waals surface area (Å²) in [7, 11) is 1.62. The minimum absolute atomic E-state index is 0.544. The fraction of sp³-hybridized carbons (Fsp3) is 0.214. The molecule has 1 N–H and O–H groups in total. The van der Waals surface area contributed by atoms with Crippen LogP contribution in [0.2, 0.25) is 0 Å². The van der Waals surface area contributed by atoms with Crippen molar-refractivity contribution in [2.45, 2.75) is 11.1 Å². The lowest BCUT2D eigenvalue weighted by Crippen LogP contribution is -2.01. The average molecular weight is 340 g/mol. The topological polar surface area (TPSA) is 42.4 Å². The Morgan fingerprint density at radius 2 is 2.21 bits per heavy atom. The lowest BCUT2D eigenvalue weighted by Gasteiger charge is -2.12. The molecule has 1 unspecified atom stereocenters. The van der Waals surface area contributed by atoms with Gasteiger partial charge in [0.1, 0.15) is 10.8 Å². The fourth-order valence-electron chi connectivity index (χ4n) is 1.58. The zero-order chi connectivity index (χ0) is 13.7. The maximum atomic E-state index is 10.2. The molecule has 2 aromatic rings. The molecular weight excluding hydrogens is 326 g/mol. The molecule has 5 heteroatoms. The number of methoxy groups -OCH3 is 1. The molecule has 0 bridgehead atoms. The van der Waals surface area contributed by atoms with Crippen molar-refractivity contribution in [3.8, 4) is 5.75 Å². The second kappa shape index (κ2) is 6.93. The molecule has 0 amide bonds. The summed E-state index contributed by atoms with van der Waals surface area (Å²) >= 11 is 4.96. The van der Waals surface area contributed by atoms with Gasteiger partial charge in [-0.2, -0.15) is 0 Å². The largest absolute Gasteiger partial charge is 0.497 e. The first kappa shape index (κ1) is 14.4. The number of hydrogen-bond donors (Lipinski definition) is 1. The molecule has 0 saturated carbocycles. The van der Waals surface area contributed by atoms with E-state index < -0.39 is 6.10 Å². The molecule has 1 heterocycles. The summed E-state index contributed by atoms with van der Waals surface area (Å²) in [5.41, 5.74) is 0.846. The summed E-state index contributed by atoms with van der Waals surface area (Å²) in [6, 6.07) is 11.3. The first-order valence-corrected chi connectivity index (χ1v) is 7.54. The highest BCUT2D eigenvalue weighted by atomic mass is 79.9. The van der Waals surface area contributed by atoms with Gasteiger partial charge in [-0.1, -0.05) is 12.1 Å². The van der Waals surface area contributed by atoms with Crippen LogP contribution in [0.1, 0.15) is 11.7 Å². The average Bonchev–Trinajstić information content (AvgIpc) is 2.46. The third kappa shape index (κ3) is 3.96.